The normalized spacial score (nSPS) is 10.8. The van der Waals surface area contributed by atoms with Crippen LogP contribution in [0.1, 0.15) is 51.4 Å². The van der Waals surface area contributed by atoms with E-state index in [2.05, 4.69) is 20.5 Å². The van der Waals surface area contributed by atoms with E-state index in [9.17, 15) is 9.59 Å². The minimum Gasteiger partial charge on any atom is -0.476 e. The van der Waals surface area contributed by atoms with Crippen molar-refractivity contribution in [3.05, 3.63) is 33.5 Å². The fourth-order valence-electron chi connectivity index (χ4n) is 1.65. The molecule has 21 heavy (non-hydrogen) atoms. The highest BCUT2D eigenvalue weighted by atomic mass is 32.1. The molecule has 0 radical (unpaired) electrons. The van der Waals surface area contributed by atoms with Crippen LogP contribution >= 0.6 is 11.3 Å². The Morgan fingerprint density at radius 2 is 2.19 bits per heavy atom. The molecule has 2 aromatic rings. The molecule has 0 aliphatic heterocycles. The summed E-state index contributed by atoms with van der Waals surface area (Å²) in [5, 5.41) is 20.5. The second-order valence-electron chi connectivity index (χ2n) is 4.80. The van der Waals surface area contributed by atoms with Crippen molar-refractivity contribution in [2.75, 3.05) is 6.54 Å². The zero-order chi connectivity index (χ0) is 15.4. The number of rotatable bonds is 6. The van der Waals surface area contributed by atoms with Crippen molar-refractivity contribution >= 4 is 23.2 Å². The van der Waals surface area contributed by atoms with Gasteiger partial charge in [0.15, 0.2) is 5.69 Å². The van der Waals surface area contributed by atoms with E-state index < -0.39 is 5.97 Å². The van der Waals surface area contributed by atoms with E-state index in [1.807, 2.05) is 13.8 Å². The average Bonchev–Trinajstić information content (AvgIpc) is 3.07. The molecule has 0 spiro atoms. The van der Waals surface area contributed by atoms with E-state index in [1.165, 1.54) is 16.7 Å². The monoisotopic (exact) mass is 308 g/mol. The summed E-state index contributed by atoms with van der Waals surface area (Å²) in [4.78, 5) is 26.5. The number of carbonyl (C=O) groups is 2. The van der Waals surface area contributed by atoms with Gasteiger partial charge in [0, 0.05) is 24.0 Å². The Morgan fingerprint density at radius 3 is 2.76 bits per heavy atom. The quantitative estimate of drug-likeness (QED) is 0.752. The molecule has 7 nitrogen and oxygen atoms in total. The van der Waals surface area contributed by atoms with E-state index in [-0.39, 0.29) is 17.5 Å². The number of carboxylic acid groups (broad SMARTS) is 1. The van der Waals surface area contributed by atoms with Crippen LogP contribution in [-0.2, 0) is 6.42 Å². The summed E-state index contributed by atoms with van der Waals surface area (Å²) in [6, 6.07) is 1.73. The molecule has 0 fully saturated rings. The van der Waals surface area contributed by atoms with E-state index in [1.54, 1.807) is 6.07 Å². The van der Waals surface area contributed by atoms with Gasteiger partial charge in [0.1, 0.15) is 5.69 Å². The smallest absolute Gasteiger partial charge is 0.355 e. The van der Waals surface area contributed by atoms with Gasteiger partial charge < -0.3 is 10.4 Å². The molecule has 3 N–H and O–H groups in total. The summed E-state index contributed by atoms with van der Waals surface area (Å²) in [7, 11) is 0. The van der Waals surface area contributed by atoms with Gasteiger partial charge in [-0.25, -0.2) is 9.78 Å². The molecule has 0 unspecified atom stereocenters. The number of nitrogens with one attached hydrogen (secondary N) is 2. The van der Waals surface area contributed by atoms with Crippen LogP contribution in [0.15, 0.2) is 11.4 Å². The van der Waals surface area contributed by atoms with Gasteiger partial charge in [0.25, 0.3) is 5.91 Å². The third kappa shape index (κ3) is 3.88. The van der Waals surface area contributed by atoms with Crippen molar-refractivity contribution in [3.8, 4) is 0 Å². The lowest BCUT2D eigenvalue weighted by Crippen LogP contribution is -2.26. The third-order valence-corrected chi connectivity index (χ3v) is 3.76. The van der Waals surface area contributed by atoms with E-state index in [4.69, 9.17) is 5.11 Å². The fourth-order valence-corrected chi connectivity index (χ4v) is 2.42. The van der Waals surface area contributed by atoms with Crippen LogP contribution in [-0.4, -0.2) is 38.7 Å². The number of aromatic amines is 1. The Kier molecular flexibility index (Phi) is 4.69. The van der Waals surface area contributed by atoms with E-state index >= 15 is 0 Å². The summed E-state index contributed by atoms with van der Waals surface area (Å²) in [5.74, 6) is -1.02. The second kappa shape index (κ2) is 6.49. The molecule has 0 saturated heterocycles. The molecule has 2 rings (SSSR count). The Bertz CT molecular complexity index is 647. The van der Waals surface area contributed by atoms with E-state index in [0.717, 1.165) is 5.69 Å². The van der Waals surface area contributed by atoms with Crippen molar-refractivity contribution < 1.29 is 14.7 Å². The molecular weight excluding hydrogens is 292 g/mol. The number of nitrogens with zero attached hydrogens (tertiary/aromatic N) is 2. The first-order chi connectivity index (χ1) is 9.97. The Morgan fingerprint density at radius 1 is 1.43 bits per heavy atom. The maximum Gasteiger partial charge on any atom is 0.355 e. The first-order valence-corrected chi connectivity index (χ1v) is 7.36. The first-order valence-electron chi connectivity index (χ1n) is 6.48. The predicted molar refractivity (Wildman–Crippen MR) is 77.8 cm³/mol. The van der Waals surface area contributed by atoms with Crippen LogP contribution in [0.2, 0.25) is 0 Å². The Hall–Kier alpha value is -2.22. The van der Waals surface area contributed by atoms with Crippen LogP contribution in [0.25, 0.3) is 0 Å². The average molecular weight is 308 g/mol. The van der Waals surface area contributed by atoms with Gasteiger partial charge >= 0.3 is 5.97 Å². The number of amides is 1. The number of aromatic carboxylic acids is 1. The molecule has 0 aliphatic carbocycles. The van der Waals surface area contributed by atoms with Gasteiger partial charge in [-0.3, -0.25) is 9.89 Å². The van der Waals surface area contributed by atoms with Crippen molar-refractivity contribution in [2.45, 2.75) is 26.2 Å². The molecule has 0 saturated carbocycles. The number of hydrogen-bond donors (Lipinski definition) is 3. The van der Waals surface area contributed by atoms with Gasteiger partial charge in [-0.05, 0) is 12.0 Å². The zero-order valence-corrected chi connectivity index (χ0v) is 12.5. The second-order valence-corrected chi connectivity index (χ2v) is 5.74. The highest BCUT2D eigenvalue weighted by Gasteiger charge is 2.12. The topological polar surface area (TPSA) is 108 Å². The molecule has 0 aliphatic rings. The summed E-state index contributed by atoms with van der Waals surface area (Å²) in [5.41, 5.74) is 1.30. The Labute approximate surface area is 125 Å². The van der Waals surface area contributed by atoms with Crippen molar-refractivity contribution in [2.24, 2.45) is 0 Å². The summed E-state index contributed by atoms with van der Waals surface area (Å²) in [6.07, 6.45) is 0.491. The predicted octanol–water partition coefficient (Wildman–Crippen LogP) is 1.66. The minimum atomic E-state index is -1.04. The number of aromatic nitrogens is 3. The lowest BCUT2D eigenvalue weighted by Gasteiger charge is -2.00. The summed E-state index contributed by atoms with van der Waals surface area (Å²) in [6.45, 7) is 4.41. The largest absolute Gasteiger partial charge is 0.476 e. The van der Waals surface area contributed by atoms with Gasteiger partial charge in [-0.15, -0.1) is 11.3 Å². The third-order valence-electron chi connectivity index (χ3n) is 2.85. The molecule has 2 aromatic heterocycles. The first kappa shape index (κ1) is 15.2. The molecule has 2 heterocycles. The molecule has 0 bridgehead atoms. The minimum absolute atomic E-state index is 0.0372. The fraction of sp³-hybridized carbons (Fsp3) is 0.385. The number of carboxylic acids is 1. The van der Waals surface area contributed by atoms with Gasteiger partial charge in [-0.2, -0.15) is 5.10 Å². The molecule has 0 aromatic carbocycles. The van der Waals surface area contributed by atoms with Crippen LogP contribution in [0.3, 0.4) is 0 Å². The van der Waals surface area contributed by atoms with Crippen LogP contribution in [0.5, 0.6) is 0 Å². The summed E-state index contributed by atoms with van der Waals surface area (Å²) < 4.78 is 0. The maximum absolute atomic E-state index is 11.9. The highest BCUT2D eigenvalue weighted by Crippen LogP contribution is 2.12. The lowest BCUT2D eigenvalue weighted by atomic mass is 10.1. The number of thiazole rings is 1. The van der Waals surface area contributed by atoms with Gasteiger partial charge in [0.05, 0.1) is 5.01 Å². The molecular formula is C13H16N4O3S. The van der Waals surface area contributed by atoms with Crippen LogP contribution < -0.4 is 5.32 Å². The van der Waals surface area contributed by atoms with Crippen molar-refractivity contribution in [1.29, 1.82) is 0 Å². The highest BCUT2D eigenvalue weighted by molar-refractivity contribution is 7.09. The van der Waals surface area contributed by atoms with E-state index in [0.29, 0.717) is 23.7 Å². The van der Waals surface area contributed by atoms with Gasteiger partial charge in [0.2, 0.25) is 0 Å². The SMILES string of the molecule is CC(C)c1cc(C(=O)NCCc2nc(C(=O)O)cs2)n[nH]1. The molecule has 112 valence electrons. The van der Waals surface area contributed by atoms with Gasteiger partial charge in [-0.1, -0.05) is 13.8 Å². The van der Waals surface area contributed by atoms with Crippen molar-refractivity contribution in [1.82, 2.24) is 20.5 Å². The van der Waals surface area contributed by atoms with Crippen LogP contribution in [0.4, 0.5) is 0 Å². The zero-order valence-electron chi connectivity index (χ0n) is 11.7. The summed E-state index contributed by atoms with van der Waals surface area (Å²) >= 11 is 1.27. The number of carbonyl (C=O) groups excluding carboxylic acids is 1. The maximum atomic E-state index is 11.9. The lowest BCUT2D eigenvalue weighted by molar-refractivity contribution is 0.0690. The molecule has 0 atom stereocenters. The number of H-pyrrole nitrogens is 1. The van der Waals surface area contributed by atoms with Crippen molar-refractivity contribution in [3.63, 3.8) is 0 Å². The van der Waals surface area contributed by atoms with Crippen LogP contribution in [0, 0.1) is 0 Å². The molecule has 1 amide bonds. The molecule has 8 heteroatoms. The Balaban J connectivity index is 1.84. The standard InChI is InChI=1S/C13H16N4O3S/c1-7(2)8-5-9(17-16-8)12(18)14-4-3-11-15-10(6-21-11)13(19)20/h5-7H,3-4H2,1-2H3,(H,14,18)(H,16,17)(H,19,20). The number of hydrogen-bond acceptors (Lipinski definition) is 5.